The Balaban J connectivity index is 1.35. The number of benzene rings is 1. The van der Waals surface area contributed by atoms with E-state index in [1.807, 2.05) is 4.90 Å². The van der Waals surface area contributed by atoms with Gasteiger partial charge in [0.25, 0.3) is 11.1 Å². The zero-order valence-corrected chi connectivity index (χ0v) is 19.4. The van der Waals surface area contributed by atoms with Crippen molar-refractivity contribution in [1.82, 2.24) is 15.2 Å². The maximum absolute atomic E-state index is 15.0. The standard InChI is InChI=1S/C22H25FN6O4S/c1-32-21(34)26-12-16-13-29(22(31)33-16)15-3-4-18(17(23)10-15)27-6-8-28(9-7-27)20(30)14-2-5-19(24)25-11-14/h2-5,10-11,16H,6-9,12-13H2,1H3,(H2,24,25)(H,26,34)/t16-/m0/s1. The van der Waals surface area contributed by atoms with Gasteiger partial charge in [-0.2, -0.15) is 0 Å². The van der Waals surface area contributed by atoms with Crippen LogP contribution in [0.25, 0.3) is 0 Å². The summed E-state index contributed by atoms with van der Waals surface area (Å²) in [5.74, 6) is -0.231. The number of cyclic esters (lactones) is 1. The Morgan fingerprint density at radius 3 is 2.71 bits per heavy atom. The fourth-order valence-corrected chi connectivity index (χ4v) is 3.98. The zero-order chi connectivity index (χ0) is 24.2. The van der Waals surface area contributed by atoms with Crippen LogP contribution in [0.2, 0.25) is 0 Å². The molecule has 3 N–H and O–H groups in total. The van der Waals surface area contributed by atoms with Crippen LogP contribution >= 0.6 is 12.2 Å². The van der Waals surface area contributed by atoms with Gasteiger partial charge in [-0.25, -0.2) is 14.2 Å². The molecule has 1 aromatic heterocycles. The molecule has 2 fully saturated rings. The minimum atomic E-state index is -0.549. The third kappa shape index (κ3) is 5.11. The van der Waals surface area contributed by atoms with Crippen LogP contribution in [0, 0.1) is 5.82 Å². The number of rotatable bonds is 5. The van der Waals surface area contributed by atoms with Gasteiger partial charge in [-0.05, 0) is 42.5 Å². The van der Waals surface area contributed by atoms with Gasteiger partial charge in [0.05, 0.1) is 37.1 Å². The van der Waals surface area contributed by atoms with Crippen molar-refractivity contribution < 1.29 is 23.5 Å². The van der Waals surface area contributed by atoms with Crippen molar-refractivity contribution in [2.45, 2.75) is 6.10 Å². The number of pyridine rings is 1. The van der Waals surface area contributed by atoms with Crippen LogP contribution in [0.1, 0.15) is 10.4 Å². The number of nitrogen functional groups attached to an aromatic ring is 1. The van der Waals surface area contributed by atoms with E-state index in [4.69, 9.17) is 27.4 Å². The number of carbonyl (C=O) groups excluding carboxylic acids is 2. The van der Waals surface area contributed by atoms with E-state index < -0.39 is 18.0 Å². The number of anilines is 3. The van der Waals surface area contributed by atoms with Crippen molar-refractivity contribution in [1.29, 1.82) is 0 Å². The lowest BCUT2D eigenvalue weighted by Gasteiger charge is -2.36. The number of nitrogens with two attached hydrogens (primary N) is 1. The number of aromatic nitrogens is 1. The molecule has 2 aliphatic heterocycles. The molecule has 2 aromatic rings. The Kier molecular flexibility index (Phi) is 6.96. The van der Waals surface area contributed by atoms with Gasteiger partial charge >= 0.3 is 6.09 Å². The molecule has 34 heavy (non-hydrogen) atoms. The van der Waals surface area contributed by atoms with Crippen LogP contribution in [-0.2, 0) is 9.47 Å². The first-order valence-corrected chi connectivity index (χ1v) is 11.1. The SMILES string of the molecule is COC(=S)NC[C@H]1CN(c2ccc(N3CCN(C(=O)c4ccc(N)nc4)CC3)c(F)c2)C(=O)O1. The summed E-state index contributed by atoms with van der Waals surface area (Å²) in [6.07, 6.45) is 0.467. The molecule has 2 aliphatic rings. The quantitative estimate of drug-likeness (QED) is 0.606. The van der Waals surface area contributed by atoms with Gasteiger partial charge in [-0.1, -0.05) is 0 Å². The largest absolute Gasteiger partial charge is 0.474 e. The van der Waals surface area contributed by atoms with E-state index in [9.17, 15) is 9.59 Å². The lowest BCUT2D eigenvalue weighted by atomic mass is 10.2. The second-order valence-corrected chi connectivity index (χ2v) is 8.25. The van der Waals surface area contributed by atoms with Crippen LogP contribution < -0.4 is 20.9 Å². The average molecular weight is 489 g/mol. The van der Waals surface area contributed by atoms with Gasteiger partial charge < -0.3 is 30.3 Å². The summed E-state index contributed by atoms with van der Waals surface area (Å²) in [5, 5.41) is 3.05. The number of hydrogen-bond donors (Lipinski definition) is 2. The molecular weight excluding hydrogens is 463 g/mol. The predicted octanol–water partition coefficient (Wildman–Crippen LogP) is 1.61. The molecule has 0 saturated carbocycles. The predicted molar refractivity (Wildman–Crippen MR) is 128 cm³/mol. The molecule has 3 heterocycles. The Labute approximate surface area is 201 Å². The van der Waals surface area contributed by atoms with Crippen LogP contribution in [0.5, 0.6) is 0 Å². The Morgan fingerprint density at radius 2 is 2.06 bits per heavy atom. The van der Waals surface area contributed by atoms with E-state index in [-0.39, 0.29) is 17.6 Å². The molecule has 1 aromatic carbocycles. The first kappa shape index (κ1) is 23.5. The number of carbonyl (C=O) groups is 2. The van der Waals surface area contributed by atoms with Crippen molar-refractivity contribution in [3.63, 3.8) is 0 Å². The van der Waals surface area contributed by atoms with Crippen molar-refractivity contribution in [3.8, 4) is 0 Å². The first-order chi connectivity index (χ1) is 16.4. The van der Waals surface area contributed by atoms with Crippen LogP contribution in [0.3, 0.4) is 0 Å². The highest BCUT2D eigenvalue weighted by Gasteiger charge is 2.33. The van der Waals surface area contributed by atoms with Crippen molar-refractivity contribution in [2.75, 3.05) is 61.9 Å². The summed E-state index contributed by atoms with van der Waals surface area (Å²) in [6, 6.07) is 7.89. The van der Waals surface area contributed by atoms with Crippen LogP contribution in [-0.4, -0.2) is 79.5 Å². The lowest BCUT2D eigenvalue weighted by molar-refractivity contribution is 0.0746. The fraction of sp³-hybridized carbons (Fsp3) is 0.364. The molecule has 10 nitrogen and oxygen atoms in total. The molecule has 0 aliphatic carbocycles. The first-order valence-electron chi connectivity index (χ1n) is 10.7. The topological polar surface area (TPSA) is 113 Å². The lowest BCUT2D eigenvalue weighted by Crippen LogP contribution is -2.49. The smallest absolute Gasteiger partial charge is 0.414 e. The maximum atomic E-state index is 15.0. The van der Waals surface area contributed by atoms with E-state index in [2.05, 4.69) is 10.3 Å². The minimum Gasteiger partial charge on any atom is -0.474 e. The molecule has 0 radical (unpaired) electrons. The molecular formula is C22H25FN6O4S. The summed E-state index contributed by atoms with van der Waals surface area (Å²) in [4.78, 5) is 33.8. The Hall–Kier alpha value is -3.67. The number of hydrogen-bond acceptors (Lipinski definition) is 8. The van der Waals surface area contributed by atoms with Gasteiger partial charge in [0.2, 0.25) is 0 Å². The second-order valence-electron chi connectivity index (χ2n) is 7.88. The van der Waals surface area contributed by atoms with Gasteiger partial charge in [0.1, 0.15) is 17.7 Å². The summed E-state index contributed by atoms with van der Waals surface area (Å²) < 4.78 is 25.2. The summed E-state index contributed by atoms with van der Waals surface area (Å²) in [5.41, 5.74) is 6.87. The van der Waals surface area contributed by atoms with E-state index >= 15 is 4.39 Å². The highest BCUT2D eigenvalue weighted by molar-refractivity contribution is 7.80. The normalized spacial score (nSPS) is 18.0. The van der Waals surface area contributed by atoms with Gasteiger partial charge in [-0.15, -0.1) is 0 Å². The van der Waals surface area contributed by atoms with E-state index in [1.165, 1.54) is 24.3 Å². The minimum absolute atomic E-state index is 0.133. The third-order valence-corrected chi connectivity index (χ3v) is 6.03. The average Bonchev–Trinajstić information content (AvgIpc) is 3.23. The van der Waals surface area contributed by atoms with Gasteiger partial charge in [0.15, 0.2) is 0 Å². The second kappa shape index (κ2) is 10.1. The molecule has 180 valence electrons. The van der Waals surface area contributed by atoms with Crippen molar-refractivity contribution >= 4 is 46.6 Å². The van der Waals surface area contributed by atoms with Crippen molar-refractivity contribution in [3.05, 3.63) is 47.9 Å². The number of piperazine rings is 1. The molecule has 0 unspecified atom stereocenters. The fourth-order valence-electron chi connectivity index (χ4n) is 3.89. The highest BCUT2D eigenvalue weighted by Crippen LogP contribution is 2.28. The van der Waals surface area contributed by atoms with Gasteiger partial charge in [-0.3, -0.25) is 9.69 Å². The van der Waals surface area contributed by atoms with Crippen LogP contribution in [0.4, 0.5) is 26.4 Å². The van der Waals surface area contributed by atoms with E-state index in [1.54, 1.807) is 29.2 Å². The molecule has 1 atom stereocenters. The Morgan fingerprint density at radius 1 is 1.29 bits per heavy atom. The maximum Gasteiger partial charge on any atom is 0.414 e. The molecule has 0 spiro atoms. The number of nitrogens with zero attached hydrogens (tertiary/aromatic N) is 4. The number of nitrogens with one attached hydrogen (secondary N) is 1. The number of halogens is 1. The Bertz CT molecular complexity index is 1080. The third-order valence-electron chi connectivity index (χ3n) is 5.72. The summed E-state index contributed by atoms with van der Waals surface area (Å²) >= 11 is 4.92. The summed E-state index contributed by atoms with van der Waals surface area (Å²) in [6.45, 7) is 2.40. The summed E-state index contributed by atoms with van der Waals surface area (Å²) in [7, 11) is 1.45. The number of methoxy groups -OCH3 is 1. The van der Waals surface area contributed by atoms with Crippen molar-refractivity contribution in [2.24, 2.45) is 0 Å². The number of amides is 2. The zero-order valence-electron chi connectivity index (χ0n) is 18.6. The van der Waals surface area contributed by atoms with Gasteiger partial charge in [0, 0.05) is 32.4 Å². The molecule has 0 bridgehead atoms. The molecule has 2 saturated heterocycles. The highest BCUT2D eigenvalue weighted by atomic mass is 32.1. The monoisotopic (exact) mass is 488 g/mol. The van der Waals surface area contributed by atoms with E-state index in [0.717, 1.165) is 0 Å². The molecule has 4 rings (SSSR count). The number of thiocarbonyl (C=S) groups is 1. The number of ether oxygens (including phenoxy) is 2. The van der Waals surface area contributed by atoms with E-state index in [0.29, 0.717) is 55.5 Å². The molecule has 12 heteroatoms. The molecule has 2 amide bonds. The van der Waals surface area contributed by atoms with Crippen LogP contribution in [0.15, 0.2) is 36.5 Å².